The van der Waals surface area contributed by atoms with E-state index in [1.807, 2.05) is 24.4 Å². The van der Waals surface area contributed by atoms with Crippen molar-refractivity contribution in [2.24, 2.45) is 0 Å². The predicted molar refractivity (Wildman–Crippen MR) is 83.3 cm³/mol. The third-order valence-corrected chi connectivity index (χ3v) is 4.45. The first-order valence-electron chi connectivity index (χ1n) is 6.52. The number of fused-ring (bicyclic) bond motifs is 3. The maximum atomic E-state index is 4.66. The topological polar surface area (TPSA) is 30.2 Å². The number of imidazole rings is 1. The molecule has 0 bridgehead atoms. The minimum absolute atomic E-state index is 1.02. The van der Waals surface area contributed by atoms with E-state index in [1.54, 1.807) is 11.3 Å². The van der Waals surface area contributed by atoms with E-state index in [9.17, 15) is 0 Å². The van der Waals surface area contributed by atoms with E-state index >= 15 is 0 Å². The van der Waals surface area contributed by atoms with Crippen LogP contribution in [0.5, 0.6) is 0 Å². The highest BCUT2D eigenvalue weighted by Gasteiger charge is 2.12. The summed E-state index contributed by atoms with van der Waals surface area (Å²) >= 11 is 1.69. The van der Waals surface area contributed by atoms with Gasteiger partial charge in [-0.3, -0.25) is 9.38 Å². The number of para-hydroxylation sites is 2. The molecule has 4 heteroatoms. The molecule has 0 N–H and O–H groups in total. The predicted octanol–water partition coefficient (Wildman–Crippen LogP) is 4.23. The fourth-order valence-electron chi connectivity index (χ4n) is 2.54. The summed E-state index contributed by atoms with van der Waals surface area (Å²) in [5.74, 6) is 0. The second kappa shape index (κ2) is 4.15. The zero-order chi connectivity index (χ0) is 13.7. The van der Waals surface area contributed by atoms with Gasteiger partial charge in [0.25, 0.3) is 0 Å². The van der Waals surface area contributed by atoms with Crippen LogP contribution in [0.25, 0.3) is 26.6 Å². The van der Waals surface area contributed by atoms with Crippen LogP contribution in [0.4, 0.5) is 0 Å². The molecule has 0 saturated carbocycles. The molecule has 0 amide bonds. The number of hydrogen-bond acceptors (Lipinski definition) is 3. The quantitative estimate of drug-likeness (QED) is 0.522. The Morgan fingerprint density at radius 3 is 2.85 bits per heavy atom. The summed E-state index contributed by atoms with van der Waals surface area (Å²) in [7, 11) is 0. The van der Waals surface area contributed by atoms with Crippen LogP contribution in [-0.2, 0) is 0 Å². The van der Waals surface area contributed by atoms with Crippen molar-refractivity contribution in [3.05, 3.63) is 53.9 Å². The van der Waals surface area contributed by atoms with Crippen molar-refractivity contribution >= 4 is 27.3 Å². The molecule has 0 atom stereocenters. The number of pyridine rings is 1. The Balaban J connectivity index is 1.97. The van der Waals surface area contributed by atoms with Gasteiger partial charge >= 0.3 is 0 Å². The van der Waals surface area contributed by atoms with Gasteiger partial charge in [0.1, 0.15) is 0 Å². The normalized spacial score (nSPS) is 11.5. The van der Waals surface area contributed by atoms with Crippen molar-refractivity contribution in [2.45, 2.75) is 13.8 Å². The maximum Gasteiger partial charge on any atom is 0.195 e. The molecular weight excluding hydrogens is 266 g/mol. The number of benzene rings is 1. The first-order valence-corrected chi connectivity index (χ1v) is 7.34. The Labute approximate surface area is 120 Å². The van der Waals surface area contributed by atoms with Gasteiger partial charge in [-0.05, 0) is 37.1 Å². The molecule has 3 aromatic heterocycles. The van der Waals surface area contributed by atoms with E-state index in [4.69, 9.17) is 0 Å². The molecule has 0 saturated heterocycles. The van der Waals surface area contributed by atoms with E-state index in [0.29, 0.717) is 0 Å². The first-order chi connectivity index (χ1) is 9.72. The lowest BCUT2D eigenvalue weighted by Gasteiger charge is -2.02. The van der Waals surface area contributed by atoms with E-state index in [0.717, 1.165) is 26.6 Å². The smallest absolute Gasteiger partial charge is 0.195 e. The Kier molecular flexibility index (Phi) is 2.41. The van der Waals surface area contributed by atoms with Gasteiger partial charge in [-0.25, -0.2) is 4.98 Å². The van der Waals surface area contributed by atoms with Crippen molar-refractivity contribution in [3.63, 3.8) is 0 Å². The van der Waals surface area contributed by atoms with Crippen LogP contribution in [0.1, 0.15) is 11.1 Å². The number of aryl methyl sites for hydroxylation is 2. The molecule has 98 valence electrons. The van der Waals surface area contributed by atoms with Gasteiger partial charge in [-0.2, -0.15) is 0 Å². The zero-order valence-electron chi connectivity index (χ0n) is 11.3. The van der Waals surface area contributed by atoms with Gasteiger partial charge < -0.3 is 0 Å². The highest BCUT2D eigenvalue weighted by atomic mass is 32.1. The van der Waals surface area contributed by atoms with Crippen LogP contribution in [0.15, 0.2) is 42.7 Å². The Hall–Kier alpha value is -2.20. The van der Waals surface area contributed by atoms with Crippen molar-refractivity contribution in [1.29, 1.82) is 0 Å². The van der Waals surface area contributed by atoms with Crippen molar-refractivity contribution < 1.29 is 0 Å². The summed E-state index contributed by atoms with van der Waals surface area (Å²) in [4.78, 5) is 11.4. The standard InChI is InChI=1S/C16H13N3S/c1-10-7-11(2)15(17-8-10)14-9-19-13-6-4-3-5-12(13)18-16(19)20-14/h3-9H,1-2H3. The summed E-state index contributed by atoms with van der Waals surface area (Å²) < 4.78 is 2.15. The summed E-state index contributed by atoms with van der Waals surface area (Å²) in [6.45, 7) is 4.18. The summed E-state index contributed by atoms with van der Waals surface area (Å²) in [6.07, 6.45) is 4.06. The second-order valence-corrected chi connectivity index (χ2v) is 6.04. The number of aromatic nitrogens is 3. The molecule has 4 rings (SSSR count). The van der Waals surface area contributed by atoms with Gasteiger partial charge in [0.15, 0.2) is 4.96 Å². The van der Waals surface area contributed by atoms with Gasteiger partial charge in [0.05, 0.1) is 21.6 Å². The molecule has 1 aromatic carbocycles. The number of thiazole rings is 1. The lowest BCUT2D eigenvalue weighted by atomic mass is 10.1. The van der Waals surface area contributed by atoms with Crippen LogP contribution in [-0.4, -0.2) is 14.4 Å². The Bertz CT molecular complexity index is 933. The third-order valence-electron chi connectivity index (χ3n) is 3.46. The maximum absolute atomic E-state index is 4.66. The van der Waals surface area contributed by atoms with Crippen molar-refractivity contribution in [1.82, 2.24) is 14.4 Å². The monoisotopic (exact) mass is 279 g/mol. The molecular formula is C16H13N3S. The van der Waals surface area contributed by atoms with Crippen LogP contribution < -0.4 is 0 Å². The van der Waals surface area contributed by atoms with Gasteiger partial charge in [0.2, 0.25) is 0 Å². The Morgan fingerprint density at radius 2 is 2.00 bits per heavy atom. The summed E-state index contributed by atoms with van der Waals surface area (Å²) in [6, 6.07) is 10.4. The minimum Gasteiger partial charge on any atom is -0.290 e. The fourth-order valence-corrected chi connectivity index (χ4v) is 3.60. The van der Waals surface area contributed by atoms with Crippen LogP contribution in [0.3, 0.4) is 0 Å². The van der Waals surface area contributed by atoms with Crippen LogP contribution in [0, 0.1) is 13.8 Å². The molecule has 0 fully saturated rings. The molecule has 0 spiro atoms. The third kappa shape index (κ3) is 1.65. The zero-order valence-corrected chi connectivity index (χ0v) is 12.1. The van der Waals surface area contributed by atoms with Crippen molar-refractivity contribution in [3.8, 4) is 10.6 Å². The average Bonchev–Trinajstić information content (AvgIpc) is 2.96. The summed E-state index contributed by atoms with van der Waals surface area (Å²) in [5, 5.41) is 0. The second-order valence-electron chi connectivity index (χ2n) is 5.03. The minimum atomic E-state index is 1.02. The SMILES string of the molecule is Cc1cnc(-c2cn3c(nc4ccccc43)s2)c(C)c1. The van der Waals surface area contributed by atoms with E-state index in [2.05, 4.69) is 46.5 Å². The van der Waals surface area contributed by atoms with Crippen LogP contribution in [0.2, 0.25) is 0 Å². The van der Waals surface area contributed by atoms with Crippen LogP contribution >= 0.6 is 11.3 Å². The van der Waals surface area contributed by atoms with Crippen molar-refractivity contribution in [2.75, 3.05) is 0 Å². The van der Waals surface area contributed by atoms with Gasteiger partial charge in [-0.15, -0.1) is 0 Å². The number of nitrogens with zero attached hydrogens (tertiary/aromatic N) is 3. The first kappa shape index (κ1) is 11.6. The average molecular weight is 279 g/mol. The molecule has 20 heavy (non-hydrogen) atoms. The molecule has 0 aliphatic heterocycles. The molecule has 0 radical (unpaired) electrons. The van der Waals surface area contributed by atoms with E-state index in [-0.39, 0.29) is 0 Å². The van der Waals surface area contributed by atoms with E-state index < -0.39 is 0 Å². The molecule has 4 aromatic rings. The summed E-state index contributed by atoms with van der Waals surface area (Å²) in [5.41, 5.74) is 5.64. The van der Waals surface area contributed by atoms with E-state index in [1.165, 1.54) is 11.1 Å². The van der Waals surface area contributed by atoms with Gasteiger partial charge in [-0.1, -0.05) is 29.5 Å². The molecule has 0 unspecified atom stereocenters. The number of hydrogen-bond donors (Lipinski definition) is 0. The highest BCUT2D eigenvalue weighted by Crippen LogP contribution is 2.31. The lowest BCUT2D eigenvalue weighted by Crippen LogP contribution is -1.87. The Morgan fingerprint density at radius 1 is 1.15 bits per heavy atom. The van der Waals surface area contributed by atoms with Gasteiger partial charge in [0, 0.05) is 12.4 Å². The highest BCUT2D eigenvalue weighted by molar-refractivity contribution is 7.20. The lowest BCUT2D eigenvalue weighted by molar-refractivity contribution is 1.22. The fraction of sp³-hybridized carbons (Fsp3) is 0.125. The molecule has 3 heterocycles. The molecule has 0 aliphatic rings. The molecule has 3 nitrogen and oxygen atoms in total. The number of rotatable bonds is 1. The molecule has 0 aliphatic carbocycles. The largest absolute Gasteiger partial charge is 0.290 e.